The maximum Gasteiger partial charge on any atom is 0.243 e. The van der Waals surface area contributed by atoms with Crippen LogP contribution in [0.2, 0.25) is 0 Å². The van der Waals surface area contributed by atoms with Crippen molar-refractivity contribution in [3.8, 4) is 0 Å². The van der Waals surface area contributed by atoms with Gasteiger partial charge in [-0.15, -0.1) is 0 Å². The van der Waals surface area contributed by atoms with Gasteiger partial charge in [0.05, 0.1) is 0 Å². The Morgan fingerprint density at radius 3 is 3.11 bits per heavy atom. The molecule has 1 aliphatic rings. The van der Waals surface area contributed by atoms with Crippen LogP contribution in [-0.4, -0.2) is 40.8 Å². The first-order valence-electron chi connectivity index (χ1n) is 6.10. The summed E-state index contributed by atoms with van der Waals surface area (Å²) in [5.41, 5.74) is 2.43. The maximum absolute atomic E-state index is 12.1. The number of hydrogen-bond donors (Lipinski definition) is 1. The molecule has 1 aromatic heterocycles. The molecule has 98 valence electrons. The summed E-state index contributed by atoms with van der Waals surface area (Å²) in [6.45, 7) is 1.29. The lowest BCUT2D eigenvalue weighted by atomic mass is 10.1. The van der Waals surface area contributed by atoms with Crippen molar-refractivity contribution in [3.05, 3.63) is 35.9 Å². The number of rotatable bonds is 3. The molecule has 1 aliphatic heterocycles. The molecule has 0 aliphatic carbocycles. The van der Waals surface area contributed by atoms with Gasteiger partial charge in [-0.05, 0) is 28.0 Å². The molecule has 1 amide bonds. The van der Waals surface area contributed by atoms with E-state index < -0.39 is 0 Å². The zero-order valence-corrected chi connectivity index (χ0v) is 10.5. The van der Waals surface area contributed by atoms with Crippen molar-refractivity contribution in [2.75, 3.05) is 13.6 Å². The Balaban J connectivity index is 1.72. The number of aromatic nitrogens is 2. The van der Waals surface area contributed by atoms with E-state index in [9.17, 15) is 4.79 Å². The summed E-state index contributed by atoms with van der Waals surface area (Å²) in [5.74, 6) is 0.0622. The SMILES string of the molecule is CN(Cc1ccc2nonc2c1)C(=O)C1C=CCN1. The van der Waals surface area contributed by atoms with Crippen LogP contribution in [0.3, 0.4) is 0 Å². The second kappa shape index (κ2) is 4.81. The highest BCUT2D eigenvalue weighted by atomic mass is 16.6. The number of hydrogen-bond acceptors (Lipinski definition) is 5. The first-order chi connectivity index (χ1) is 9.24. The van der Waals surface area contributed by atoms with E-state index in [4.69, 9.17) is 0 Å². The fourth-order valence-electron chi connectivity index (χ4n) is 2.15. The summed E-state index contributed by atoms with van der Waals surface area (Å²) in [6, 6.07) is 5.44. The molecule has 1 aromatic carbocycles. The third-order valence-corrected chi connectivity index (χ3v) is 3.16. The van der Waals surface area contributed by atoms with E-state index >= 15 is 0 Å². The van der Waals surface area contributed by atoms with E-state index in [1.165, 1.54) is 0 Å². The fourth-order valence-corrected chi connectivity index (χ4v) is 2.15. The number of nitrogens with one attached hydrogen (secondary N) is 1. The zero-order chi connectivity index (χ0) is 13.2. The Bertz CT molecular complexity index is 634. The lowest BCUT2D eigenvalue weighted by Crippen LogP contribution is -2.41. The lowest BCUT2D eigenvalue weighted by Gasteiger charge is -2.20. The van der Waals surface area contributed by atoms with Crippen molar-refractivity contribution in [1.29, 1.82) is 0 Å². The number of fused-ring (bicyclic) bond motifs is 1. The van der Waals surface area contributed by atoms with E-state index in [1.807, 2.05) is 30.4 Å². The summed E-state index contributed by atoms with van der Waals surface area (Å²) in [4.78, 5) is 13.8. The van der Waals surface area contributed by atoms with Crippen molar-refractivity contribution < 1.29 is 9.42 Å². The number of likely N-dealkylation sites (N-methyl/N-ethyl adjacent to an activating group) is 1. The van der Waals surface area contributed by atoms with Gasteiger partial charge in [-0.1, -0.05) is 18.2 Å². The van der Waals surface area contributed by atoms with Crippen molar-refractivity contribution in [3.63, 3.8) is 0 Å². The standard InChI is InChI=1S/C13H14N4O2/c1-17(13(18)11-3-2-6-14-11)8-9-4-5-10-12(7-9)16-19-15-10/h2-5,7,11,14H,6,8H2,1H3. The van der Waals surface area contributed by atoms with Crippen LogP contribution in [0, 0.1) is 0 Å². The van der Waals surface area contributed by atoms with Gasteiger partial charge in [0.15, 0.2) is 0 Å². The minimum absolute atomic E-state index is 0.0622. The van der Waals surface area contributed by atoms with Gasteiger partial charge in [-0.3, -0.25) is 10.1 Å². The van der Waals surface area contributed by atoms with Crippen molar-refractivity contribution in [2.45, 2.75) is 12.6 Å². The predicted molar refractivity (Wildman–Crippen MR) is 69.2 cm³/mol. The molecule has 2 aromatic rings. The zero-order valence-electron chi connectivity index (χ0n) is 10.5. The Morgan fingerprint density at radius 1 is 1.47 bits per heavy atom. The summed E-state index contributed by atoms with van der Waals surface area (Å²) >= 11 is 0. The molecule has 0 spiro atoms. The van der Waals surface area contributed by atoms with Crippen LogP contribution in [0.25, 0.3) is 11.0 Å². The number of carbonyl (C=O) groups excluding carboxylic acids is 1. The molecular weight excluding hydrogens is 244 g/mol. The monoisotopic (exact) mass is 258 g/mol. The second-order valence-corrected chi connectivity index (χ2v) is 4.60. The predicted octanol–water partition coefficient (Wildman–Crippen LogP) is 0.709. The van der Waals surface area contributed by atoms with Crippen LogP contribution < -0.4 is 5.32 Å². The third kappa shape index (κ3) is 2.34. The van der Waals surface area contributed by atoms with Gasteiger partial charge < -0.3 is 4.90 Å². The van der Waals surface area contributed by atoms with E-state index in [2.05, 4.69) is 20.3 Å². The minimum atomic E-state index is -0.206. The highest BCUT2D eigenvalue weighted by Gasteiger charge is 2.21. The quantitative estimate of drug-likeness (QED) is 0.821. The van der Waals surface area contributed by atoms with Gasteiger partial charge in [0.1, 0.15) is 17.1 Å². The van der Waals surface area contributed by atoms with Crippen LogP contribution in [-0.2, 0) is 11.3 Å². The van der Waals surface area contributed by atoms with Crippen LogP contribution >= 0.6 is 0 Å². The normalized spacial score (nSPS) is 18.1. The number of nitrogens with zero attached hydrogens (tertiary/aromatic N) is 3. The van der Waals surface area contributed by atoms with Gasteiger partial charge in [0.2, 0.25) is 5.91 Å². The van der Waals surface area contributed by atoms with Crippen LogP contribution in [0.15, 0.2) is 35.0 Å². The van der Waals surface area contributed by atoms with Gasteiger partial charge in [0, 0.05) is 20.1 Å². The average Bonchev–Trinajstić information content (AvgIpc) is 3.08. The molecule has 0 radical (unpaired) electrons. The average molecular weight is 258 g/mol. The molecule has 6 nitrogen and oxygen atoms in total. The number of carbonyl (C=O) groups is 1. The highest BCUT2D eigenvalue weighted by molar-refractivity contribution is 5.84. The van der Waals surface area contributed by atoms with Crippen LogP contribution in [0.5, 0.6) is 0 Å². The molecule has 0 fully saturated rings. The molecule has 6 heteroatoms. The minimum Gasteiger partial charge on any atom is -0.340 e. The molecule has 0 saturated carbocycles. The molecule has 2 heterocycles. The molecule has 1 unspecified atom stereocenters. The summed E-state index contributed by atoms with van der Waals surface area (Å²) < 4.78 is 4.65. The topological polar surface area (TPSA) is 71.3 Å². The van der Waals surface area contributed by atoms with E-state index in [-0.39, 0.29) is 11.9 Å². The fraction of sp³-hybridized carbons (Fsp3) is 0.308. The lowest BCUT2D eigenvalue weighted by molar-refractivity contribution is -0.131. The second-order valence-electron chi connectivity index (χ2n) is 4.60. The number of amides is 1. The summed E-state index contributed by atoms with van der Waals surface area (Å²) in [6.07, 6.45) is 3.85. The van der Waals surface area contributed by atoms with Crippen molar-refractivity contribution in [2.24, 2.45) is 0 Å². The molecule has 0 bridgehead atoms. The summed E-state index contributed by atoms with van der Waals surface area (Å²) in [7, 11) is 1.79. The van der Waals surface area contributed by atoms with E-state index in [0.29, 0.717) is 12.1 Å². The van der Waals surface area contributed by atoms with Gasteiger partial charge >= 0.3 is 0 Å². The first kappa shape index (κ1) is 11.9. The molecular formula is C13H14N4O2. The first-order valence-corrected chi connectivity index (χ1v) is 6.10. The third-order valence-electron chi connectivity index (χ3n) is 3.16. The van der Waals surface area contributed by atoms with Gasteiger partial charge in [-0.2, -0.15) is 0 Å². The Morgan fingerprint density at radius 2 is 2.32 bits per heavy atom. The largest absolute Gasteiger partial charge is 0.340 e. The molecule has 0 saturated heterocycles. The highest BCUT2D eigenvalue weighted by Crippen LogP contribution is 2.13. The molecule has 19 heavy (non-hydrogen) atoms. The van der Waals surface area contributed by atoms with Gasteiger partial charge in [0.25, 0.3) is 0 Å². The molecule has 1 atom stereocenters. The van der Waals surface area contributed by atoms with Crippen molar-refractivity contribution in [1.82, 2.24) is 20.5 Å². The van der Waals surface area contributed by atoms with E-state index in [1.54, 1.807) is 11.9 Å². The summed E-state index contributed by atoms with van der Waals surface area (Å²) in [5, 5.41) is 10.7. The smallest absolute Gasteiger partial charge is 0.243 e. The Hall–Kier alpha value is -2.21. The Kier molecular flexibility index (Phi) is 3.00. The molecule has 3 rings (SSSR count). The Labute approximate surface area is 110 Å². The molecule has 1 N–H and O–H groups in total. The van der Waals surface area contributed by atoms with Crippen molar-refractivity contribution >= 4 is 16.9 Å². The maximum atomic E-state index is 12.1. The van der Waals surface area contributed by atoms with E-state index in [0.717, 1.165) is 17.6 Å². The van der Waals surface area contributed by atoms with Crippen LogP contribution in [0.4, 0.5) is 0 Å². The number of benzene rings is 1. The van der Waals surface area contributed by atoms with Crippen LogP contribution in [0.1, 0.15) is 5.56 Å². The van der Waals surface area contributed by atoms with Gasteiger partial charge in [-0.25, -0.2) is 4.63 Å².